The van der Waals surface area contributed by atoms with Crippen LogP contribution in [0.3, 0.4) is 0 Å². The van der Waals surface area contributed by atoms with E-state index in [0.717, 1.165) is 42.6 Å². The Balaban J connectivity index is 1.53. The largest absolute Gasteiger partial charge is 0.352 e. The van der Waals surface area contributed by atoms with Gasteiger partial charge in [0.1, 0.15) is 5.82 Å². The van der Waals surface area contributed by atoms with E-state index in [4.69, 9.17) is 0 Å². The molecule has 2 aromatic rings. The highest BCUT2D eigenvalue weighted by Gasteiger charge is 2.22. The number of carbonyl (C=O) groups excluding carboxylic acids is 1. The summed E-state index contributed by atoms with van der Waals surface area (Å²) in [6.45, 7) is 9.42. The molecule has 6 heteroatoms. The molecule has 0 spiro atoms. The third-order valence-electron chi connectivity index (χ3n) is 4.30. The molecule has 1 fully saturated rings. The van der Waals surface area contributed by atoms with E-state index in [9.17, 15) is 4.79 Å². The lowest BCUT2D eigenvalue weighted by molar-refractivity contribution is -0.130. The van der Waals surface area contributed by atoms with Gasteiger partial charge in [0.2, 0.25) is 5.91 Å². The van der Waals surface area contributed by atoms with Gasteiger partial charge in [0, 0.05) is 35.9 Å². The molecule has 3 rings (SSSR count). The van der Waals surface area contributed by atoms with E-state index in [1.807, 2.05) is 18.0 Å². The molecule has 1 aliphatic rings. The minimum Gasteiger partial charge on any atom is -0.352 e. The smallest absolute Gasteiger partial charge is 0.227 e. The van der Waals surface area contributed by atoms with E-state index in [1.165, 1.54) is 4.88 Å². The number of rotatable bonds is 4. The second-order valence-corrected chi connectivity index (χ2v) is 7.72. The number of piperazine rings is 1. The fourth-order valence-electron chi connectivity index (χ4n) is 2.79. The second kappa shape index (κ2) is 7.30. The van der Waals surface area contributed by atoms with Crippen LogP contribution in [0.15, 0.2) is 24.5 Å². The molecule has 0 atom stereocenters. The highest BCUT2D eigenvalue weighted by molar-refractivity contribution is 7.12. The first-order valence-electron chi connectivity index (χ1n) is 8.43. The molecular formula is C18H24N4OS. The average Bonchev–Trinajstić information content (AvgIpc) is 3.04. The third kappa shape index (κ3) is 3.93. The van der Waals surface area contributed by atoms with Gasteiger partial charge in [-0.15, -0.1) is 11.3 Å². The maximum absolute atomic E-state index is 12.5. The van der Waals surface area contributed by atoms with E-state index in [1.54, 1.807) is 17.5 Å². The van der Waals surface area contributed by atoms with E-state index in [-0.39, 0.29) is 5.91 Å². The number of nitrogens with zero attached hydrogens (tertiary/aromatic N) is 4. The fraction of sp³-hybridized carbons (Fsp3) is 0.500. The molecule has 0 aliphatic carbocycles. The quantitative estimate of drug-likeness (QED) is 0.856. The topological polar surface area (TPSA) is 49.3 Å². The molecule has 1 aliphatic heterocycles. The van der Waals surface area contributed by atoms with E-state index in [0.29, 0.717) is 12.3 Å². The molecule has 1 amide bonds. The normalized spacial score (nSPS) is 15.2. The summed E-state index contributed by atoms with van der Waals surface area (Å²) in [7, 11) is 0. The highest BCUT2D eigenvalue weighted by Crippen LogP contribution is 2.25. The van der Waals surface area contributed by atoms with Crippen molar-refractivity contribution < 1.29 is 4.79 Å². The van der Waals surface area contributed by atoms with E-state index in [2.05, 4.69) is 40.8 Å². The molecule has 0 bridgehead atoms. The van der Waals surface area contributed by atoms with Crippen LogP contribution in [0.5, 0.6) is 0 Å². The van der Waals surface area contributed by atoms with Crippen LogP contribution in [-0.4, -0.2) is 47.0 Å². The summed E-state index contributed by atoms with van der Waals surface area (Å²) in [4.78, 5) is 27.9. The van der Waals surface area contributed by atoms with Gasteiger partial charge in [-0.2, -0.15) is 0 Å². The molecule has 5 nitrogen and oxygen atoms in total. The minimum absolute atomic E-state index is 0.224. The number of hydrogen-bond acceptors (Lipinski definition) is 5. The number of anilines is 1. The van der Waals surface area contributed by atoms with Crippen molar-refractivity contribution in [2.45, 2.75) is 33.1 Å². The zero-order chi connectivity index (χ0) is 17.1. The van der Waals surface area contributed by atoms with Crippen molar-refractivity contribution >= 4 is 23.1 Å². The van der Waals surface area contributed by atoms with Gasteiger partial charge in [-0.05, 0) is 25.0 Å². The van der Waals surface area contributed by atoms with Crippen molar-refractivity contribution in [3.8, 4) is 0 Å². The molecule has 128 valence electrons. The van der Waals surface area contributed by atoms with Crippen LogP contribution < -0.4 is 4.90 Å². The molecule has 1 saturated heterocycles. The predicted octanol–water partition coefficient (Wildman–Crippen LogP) is 2.86. The lowest BCUT2D eigenvalue weighted by Crippen LogP contribution is -2.49. The molecule has 2 aromatic heterocycles. The van der Waals surface area contributed by atoms with E-state index >= 15 is 0 Å². The van der Waals surface area contributed by atoms with Crippen LogP contribution in [0.25, 0.3) is 0 Å². The lowest BCUT2D eigenvalue weighted by Gasteiger charge is -2.35. The van der Waals surface area contributed by atoms with Gasteiger partial charge >= 0.3 is 0 Å². The molecule has 0 unspecified atom stereocenters. The first kappa shape index (κ1) is 16.9. The molecule has 0 aromatic carbocycles. The number of carbonyl (C=O) groups is 1. The summed E-state index contributed by atoms with van der Waals surface area (Å²) in [6, 6.07) is 4.24. The Labute approximate surface area is 147 Å². The number of aromatic nitrogens is 2. The number of hydrogen-bond donors (Lipinski definition) is 0. The minimum atomic E-state index is 0.224. The SMILES string of the molecule is Cc1cnc(N2CCN(C(=O)Cc3ccc(C(C)C)s3)CC2)cn1. The van der Waals surface area contributed by atoms with Crippen molar-refractivity contribution in [3.63, 3.8) is 0 Å². The molecule has 0 N–H and O–H groups in total. The molecular weight excluding hydrogens is 320 g/mol. The zero-order valence-corrected chi connectivity index (χ0v) is 15.3. The highest BCUT2D eigenvalue weighted by atomic mass is 32.1. The Morgan fingerprint density at radius 3 is 2.50 bits per heavy atom. The van der Waals surface area contributed by atoms with Gasteiger partial charge in [0.05, 0.1) is 24.5 Å². The van der Waals surface area contributed by atoms with Gasteiger partial charge in [0.25, 0.3) is 0 Å². The van der Waals surface area contributed by atoms with Crippen LogP contribution in [-0.2, 0) is 11.2 Å². The molecule has 3 heterocycles. The fourth-order valence-corrected chi connectivity index (χ4v) is 3.80. The van der Waals surface area contributed by atoms with Crippen molar-refractivity contribution in [2.24, 2.45) is 0 Å². The Bertz CT molecular complexity index is 687. The summed E-state index contributed by atoms with van der Waals surface area (Å²) in [5.41, 5.74) is 0.921. The molecule has 0 radical (unpaired) electrons. The Kier molecular flexibility index (Phi) is 5.14. The Morgan fingerprint density at radius 2 is 1.92 bits per heavy atom. The zero-order valence-electron chi connectivity index (χ0n) is 14.5. The van der Waals surface area contributed by atoms with Gasteiger partial charge in [-0.3, -0.25) is 9.78 Å². The Morgan fingerprint density at radius 1 is 1.17 bits per heavy atom. The van der Waals surface area contributed by atoms with E-state index < -0.39 is 0 Å². The second-order valence-electron chi connectivity index (χ2n) is 6.52. The number of aryl methyl sites for hydroxylation is 1. The maximum Gasteiger partial charge on any atom is 0.227 e. The van der Waals surface area contributed by atoms with Crippen molar-refractivity contribution in [1.29, 1.82) is 0 Å². The Hall–Kier alpha value is -1.95. The van der Waals surface area contributed by atoms with Crippen LogP contribution in [0.1, 0.15) is 35.2 Å². The van der Waals surface area contributed by atoms with Gasteiger partial charge in [-0.25, -0.2) is 4.98 Å². The van der Waals surface area contributed by atoms with Gasteiger partial charge in [0.15, 0.2) is 0 Å². The lowest BCUT2D eigenvalue weighted by atomic mass is 10.2. The van der Waals surface area contributed by atoms with Crippen LogP contribution in [0, 0.1) is 6.92 Å². The monoisotopic (exact) mass is 344 g/mol. The summed E-state index contributed by atoms with van der Waals surface area (Å²) >= 11 is 1.76. The summed E-state index contributed by atoms with van der Waals surface area (Å²) in [5, 5.41) is 0. The van der Waals surface area contributed by atoms with Crippen LogP contribution >= 0.6 is 11.3 Å². The maximum atomic E-state index is 12.5. The first-order valence-corrected chi connectivity index (χ1v) is 9.24. The van der Waals surface area contributed by atoms with Crippen LogP contribution in [0.4, 0.5) is 5.82 Å². The predicted molar refractivity (Wildman–Crippen MR) is 97.7 cm³/mol. The molecule has 0 saturated carbocycles. The summed E-state index contributed by atoms with van der Waals surface area (Å²) in [5.74, 6) is 1.65. The van der Waals surface area contributed by atoms with Crippen LogP contribution in [0.2, 0.25) is 0 Å². The standard InChI is InChI=1S/C18H24N4OS/c1-13(2)16-5-4-15(24-16)10-18(23)22-8-6-21(7-9-22)17-12-19-14(3)11-20-17/h4-5,11-13H,6-10H2,1-3H3. The van der Waals surface area contributed by atoms with Crippen molar-refractivity contribution in [2.75, 3.05) is 31.1 Å². The number of amides is 1. The third-order valence-corrected chi connectivity index (χ3v) is 5.69. The average molecular weight is 344 g/mol. The molecule has 24 heavy (non-hydrogen) atoms. The van der Waals surface area contributed by atoms with Gasteiger partial charge < -0.3 is 9.80 Å². The van der Waals surface area contributed by atoms with Gasteiger partial charge in [-0.1, -0.05) is 13.8 Å². The first-order chi connectivity index (χ1) is 11.5. The van der Waals surface area contributed by atoms with Crippen molar-refractivity contribution in [3.05, 3.63) is 40.0 Å². The summed E-state index contributed by atoms with van der Waals surface area (Å²) < 4.78 is 0. The summed E-state index contributed by atoms with van der Waals surface area (Å²) in [6.07, 6.45) is 4.11. The number of thiophene rings is 1. The van der Waals surface area contributed by atoms with Crippen molar-refractivity contribution in [1.82, 2.24) is 14.9 Å².